The fourth-order valence-electron chi connectivity index (χ4n) is 2.51. The number of hydrogen-bond acceptors (Lipinski definition) is 5. The minimum Gasteiger partial charge on any atom is -0.474 e. The van der Waals surface area contributed by atoms with Gasteiger partial charge in [-0.2, -0.15) is 5.10 Å². The molecule has 1 aromatic heterocycles. The second kappa shape index (κ2) is 6.82. The van der Waals surface area contributed by atoms with Crippen LogP contribution >= 0.6 is 0 Å². The molecule has 0 spiro atoms. The largest absolute Gasteiger partial charge is 0.474 e. The lowest BCUT2D eigenvalue weighted by molar-refractivity contribution is 0.0655. The van der Waals surface area contributed by atoms with Crippen LogP contribution in [0.4, 0.5) is 0 Å². The molecule has 1 aliphatic rings. The Bertz CT molecular complexity index is 417. The van der Waals surface area contributed by atoms with E-state index < -0.39 is 0 Å². The predicted octanol–water partition coefficient (Wildman–Crippen LogP) is 1.62. The maximum atomic E-state index is 5.86. The van der Waals surface area contributed by atoms with E-state index in [1.807, 2.05) is 0 Å². The third kappa shape index (κ3) is 3.22. The van der Waals surface area contributed by atoms with Crippen molar-refractivity contribution in [3.8, 4) is 5.88 Å². The Kier molecular flexibility index (Phi) is 5.10. The number of nitrogens with two attached hydrogens (primary N) is 1. The summed E-state index contributed by atoms with van der Waals surface area (Å²) >= 11 is 0. The van der Waals surface area contributed by atoms with E-state index in [0.717, 1.165) is 43.5 Å². The van der Waals surface area contributed by atoms with E-state index >= 15 is 0 Å². The van der Waals surface area contributed by atoms with E-state index in [4.69, 9.17) is 15.2 Å². The summed E-state index contributed by atoms with van der Waals surface area (Å²) in [6, 6.07) is 0. The fraction of sp³-hybridized carbons (Fsp3) is 0.714. The fourth-order valence-corrected chi connectivity index (χ4v) is 2.51. The zero-order chi connectivity index (χ0) is 13.7. The predicted molar refractivity (Wildman–Crippen MR) is 73.1 cm³/mol. The molecule has 2 heterocycles. The van der Waals surface area contributed by atoms with Gasteiger partial charge in [0.15, 0.2) is 0 Å². The number of nitrogens with zero attached hydrogens (tertiary/aromatic N) is 2. The molecule has 0 aliphatic carbocycles. The summed E-state index contributed by atoms with van der Waals surface area (Å²) in [5.41, 5.74) is 9.05. The summed E-state index contributed by atoms with van der Waals surface area (Å²) in [7, 11) is 0. The number of ether oxygens (including phenoxy) is 2. The topological polar surface area (TPSA) is 70.3 Å². The van der Waals surface area contributed by atoms with Crippen molar-refractivity contribution < 1.29 is 9.47 Å². The average molecular weight is 265 g/mol. The van der Waals surface area contributed by atoms with Crippen molar-refractivity contribution in [3.05, 3.63) is 16.8 Å². The van der Waals surface area contributed by atoms with Gasteiger partial charge in [-0.05, 0) is 31.2 Å². The normalized spacial score (nSPS) is 18.8. The first-order chi connectivity index (χ1) is 9.30. The number of aromatic nitrogens is 2. The van der Waals surface area contributed by atoms with Gasteiger partial charge in [0, 0.05) is 18.7 Å². The van der Waals surface area contributed by atoms with Crippen LogP contribution in [-0.4, -0.2) is 29.5 Å². The molecule has 106 valence electrons. The molecule has 19 heavy (non-hydrogen) atoms. The van der Waals surface area contributed by atoms with Gasteiger partial charge in [-0.3, -0.25) is 0 Å². The SMILES string of the molecule is CCc1nnc(OCC2CCCO2)c(CN)c1CC. The number of rotatable bonds is 6. The monoisotopic (exact) mass is 265 g/mol. The first-order valence-corrected chi connectivity index (χ1v) is 7.11. The summed E-state index contributed by atoms with van der Waals surface area (Å²) in [6.07, 6.45) is 4.12. The summed E-state index contributed by atoms with van der Waals surface area (Å²) in [4.78, 5) is 0. The van der Waals surface area contributed by atoms with Gasteiger partial charge >= 0.3 is 0 Å². The quantitative estimate of drug-likeness (QED) is 0.846. The van der Waals surface area contributed by atoms with Gasteiger partial charge in [-0.1, -0.05) is 13.8 Å². The Balaban J connectivity index is 2.14. The van der Waals surface area contributed by atoms with Crippen molar-refractivity contribution in [1.29, 1.82) is 0 Å². The molecule has 1 unspecified atom stereocenters. The van der Waals surface area contributed by atoms with Crippen LogP contribution in [0.3, 0.4) is 0 Å². The standard InChI is InChI=1S/C14H23N3O2/c1-3-11-12(8-15)14(17-16-13(11)4-2)19-9-10-6-5-7-18-10/h10H,3-9,15H2,1-2H3. The lowest BCUT2D eigenvalue weighted by atomic mass is 10.0. The molecule has 0 saturated carbocycles. The summed E-state index contributed by atoms with van der Waals surface area (Å²) < 4.78 is 11.3. The molecule has 1 fully saturated rings. The van der Waals surface area contributed by atoms with Crippen LogP contribution in [0.5, 0.6) is 5.88 Å². The molecular weight excluding hydrogens is 242 g/mol. The van der Waals surface area contributed by atoms with E-state index in [1.165, 1.54) is 5.56 Å². The zero-order valence-electron chi connectivity index (χ0n) is 11.8. The van der Waals surface area contributed by atoms with Crippen LogP contribution in [0.2, 0.25) is 0 Å². The highest BCUT2D eigenvalue weighted by Crippen LogP contribution is 2.23. The van der Waals surface area contributed by atoms with Crippen molar-refractivity contribution >= 4 is 0 Å². The van der Waals surface area contributed by atoms with Gasteiger partial charge < -0.3 is 15.2 Å². The first kappa shape index (κ1) is 14.2. The molecule has 5 nitrogen and oxygen atoms in total. The molecular formula is C14H23N3O2. The first-order valence-electron chi connectivity index (χ1n) is 7.11. The van der Waals surface area contributed by atoms with E-state index in [-0.39, 0.29) is 6.10 Å². The van der Waals surface area contributed by atoms with Gasteiger partial charge in [0.25, 0.3) is 0 Å². The minimum atomic E-state index is 0.184. The minimum absolute atomic E-state index is 0.184. The second-order valence-corrected chi connectivity index (χ2v) is 4.77. The highest BCUT2D eigenvalue weighted by atomic mass is 16.5. The molecule has 2 N–H and O–H groups in total. The van der Waals surface area contributed by atoms with E-state index in [2.05, 4.69) is 24.0 Å². The van der Waals surface area contributed by atoms with Crippen LogP contribution in [0, 0.1) is 0 Å². The second-order valence-electron chi connectivity index (χ2n) is 4.77. The third-order valence-electron chi connectivity index (χ3n) is 3.55. The van der Waals surface area contributed by atoms with Crippen LogP contribution in [0.15, 0.2) is 0 Å². The van der Waals surface area contributed by atoms with E-state index in [0.29, 0.717) is 19.0 Å². The molecule has 0 bridgehead atoms. The Morgan fingerprint density at radius 3 is 2.68 bits per heavy atom. The van der Waals surface area contributed by atoms with Gasteiger partial charge in [0.1, 0.15) is 6.61 Å². The van der Waals surface area contributed by atoms with Crippen LogP contribution in [-0.2, 0) is 24.1 Å². The smallest absolute Gasteiger partial charge is 0.238 e. The summed E-state index contributed by atoms with van der Waals surface area (Å²) in [5, 5.41) is 8.43. The Morgan fingerprint density at radius 2 is 2.11 bits per heavy atom. The molecule has 2 rings (SSSR count). The van der Waals surface area contributed by atoms with E-state index in [9.17, 15) is 0 Å². The van der Waals surface area contributed by atoms with Gasteiger partial charge in [0.05, 0.1) is 11.8 Å². The van der Waals surface area contributed by atoms with Crippen LogP contribution < -0.4 is 10.5 Å². The zero-order valence-corrected chi connectivity index (χ0v) is 11.8. The molecule has 1 atom stereocenters. The maximum absolute atomic E-state index is 5.86. The highest BCUT2D eigenvalue weighted by Gasteiger charge is 2.19. The van der Waals surface area contributed by atoms with Crippen molar-refractivity contribution in [2.75, 3.05) is 13.2 Å². The molecule has 0 aromatic carbocycles. The Morgan fingerprint density at radius 1 is 1.26 bits per heavy atom. The third-order valence-corrected chi connectivity index (χ3v) is 3.55. The Hall–Kier alpha value is -1.20. The Labute approximate surface area is 114 Å². The van der Waals surface area contributed by atoms with Gasteiger partial charge in [-0.15, -0.1) is 5.10 Å². The molecule has 1 saturated heterocycles. The van der Waals surface area contributed by atoms with Crippen LogP contribution in [0.1, 0.15) is 43.5 Å². The van der Waals surface area contributed by atoms with Gasteiger partial charge in [-0.25, -0.2) is 0 Å². The molecule has 0 amide bonds. The lowest BCUT2D eigenvalue weighted by Crippen LogP contribution is -2.19. The van der Waals surface area contributed by atoms with Crippen molar-refractivity contribution in [2.45, 2.75) is 52.2 Å². The molecule has 5 heteroatoms. The maximum Gasteiger partial charge on any atom is 0.238 e. The number of hydrogen-bond donors (Lipinski definition) is 1. The average Bonchev–Trinajstić information content (AvgIpc) is 2.96. The molecule has 1 aromatic rings. The van der Waals surface area contributed by atoms with Crippen LogP contribution in [0.25, 0.3) is 0 Å². The highest BCUT2D eigenvalue weighted by molar-refractivity contribution is 5.36. The van der Waals surface area contributed by atoms with Crippen molar-refractivity contribution in [3.63, 3.8) is 0 Å². The summed E-state index contributed by atoms with van der Waals surface area (Å²) in [6.45, 7) is 6.00. The lowest BCUT2D eigenvalue weighted by Gasteiger charge is -2.16. The molecule has 0 radical (unpaired) electrons. The summed E-state index contributed by atoms with van der Waals surface area (Å²) in [5.74, 6) is 0.576. The van der Waals surface area contributed by atoms with Gasteiger partial charge in [0.2, 0.25) is 5.88 Å². The molecule has 1 aliphatic heterocycles. The number of aryl methyl sites for hydroxylation is 1. The van der Waals surface area contributed by atoms with Crippen molar-refractivity contribution in [2.24, 2.45) is 5.73 Å². The van der Waals surface area contributed by atoms with Crippen molar-refractivity contribution in [1.82, 2.24) is 10.2 Å². The van der Waals surface area contributed by atoms with E-state index in [1.54, 1.807) is 0 Å².